The predicted molar refractivity (Wildman–Crippen MR) is 165 cm³/mol. The molecule has 0 saturated carbocycles. The minimum absolute atomic E-state index is 0.0543. The number of carbonyl (C=O) groups is 5. The van der Waals surface area contributed by atoms with E-state index in [4.69, 9.17) is 23.2 Å². The summed E-state index contributed by atoms with van der Waals surface area (Å²) in [5, 5.41) is 12.2. The van der Waals surface area contributed by atoms with Crippen molar-refractivity contribution in [2.24, 2.45) is 5.92 Å². The minimum atomic E-state index is -1.28. The Balaban J connectivity index is 1.60. The van der Waals surface area contributed by atoms with Crippen LogP contribution in [0.25, 0.3) is 10.9 Å². The number of piperidine rings is 1. The lowest BCUT2D eigenvalue weighted by Gasteiger charge is -2.28. The van der Waals surface area contributed by atoms with Crippen molar-refractivity contribution >= 4 is 63.5 Å². The number of ketones is 1. The zero-order valence-corrected chi connectivity index (χ0v) is 25.7. The maximum atomic E-state index is 13.8. The van der Waals surface area contributed by atoms with Gasteiger partial charge in [0.15, 0.2) is 0 Å². The van der Waals surface area contributed by atoms with Crippen LogP contribution >= 0.6 is 23.2 Å². The molecule has 10 nitrogen and oxygen atoms in total. The Morgan fingerprint density at radius 3 is 2.40 bits per heavy atom. The number of aromatic nitrogens is 1. The van der Waals surface area contributed by atoms with Gasteiger partial charge < -0.3 is 26.3 Å². The molecule has 0 bridgehead atoms. The quantitative estimate of drug-likeness (QED) is 0.217. The Morgan fingerprint density at radius 2 is 1.72 bits per heavy atom. The van der Waals surface area contributed by atoms with Crippen LogP contribution in [0.1, 0.15) is 56.1 Å². The van der Waals surface area contributed by atoms with Crippen LogP contribution in [0.15, 0.2) is 48.5 Å². The summed E-state index contributed by atoms with van der Waals surface area (Å²) in [6.07, 6.45) is 1.28. The third-order valence-electron chi connectivity index (χ3n) is 7.07. The Morgan fingerprint density at radius 1 is 1.00 bits per heavy atom. The smallest absolute Gasteiger partial charge is 0.290 e. The summed E-state index contributed by atoms with van der Waals surface area (Å²) in [4.78, 5) is 68.8. The number of aromatic amines is 1. The highest BCUT2D eigenvalue weighted by Gasteiger charge is 2.36. The number of hydrogen-bond acceptors (Lipinski definition) is 5. The van der Waals surface area contributed by atoms with E-state index in [1.807, 2.05) is 18.2 Å². The van der Waals surface area contributed by atoms with Crippen LogP contribution in [0.3, 0.4) is 0 Å². The number of Topliss-reactive ketones (excluding diaryl/α,β-unsaturated/α-hetero) is 1. The lowest BCUT2D eigenvalue weighted by Crippen LogP contribution is -2.57. The van der Waals surface area contributed by atoms with Crippen LogP contribution in [-0.2, 0) is 25.6 Å². The van der Waals surface area contributed by atoms with Gasteiger partial charge in [0.25, 0.3) is 11.8 Å². The third kappa shape index (κ3) is 8.58. The second-order valence-corrected chi connectivity index (χ2v) is 12.6. The lowest BCUT2D eigenvalue weighted by atomic mass is 9.89. The largest absolute Gasteiger partial charge is 0.356 e. The van der Waals surface area contributed by atoms with Gasteiger partial charge in [0.05, 0.1) is 11.1 Å². The van der Waals surface area contributed by atoms with Gasteiger partial charge >= 0.3 is 0 Å². The van der Waals surface area contributed by atoms with E-state index in [1.54, 1.807) is 51.1 Å². The molecule has 3 aromatic rings. The van der Waals surface area contributed by atoms with Crippen molar-refractivity contribution in [3.05, 3.63) is 69.8 Å². The van der Waals surface area contributed by atoms with E-state index in [1.165, 1.54) is 0 Å². The molecule has 0 unspecified atom stereocenters. The lowest BCUT2D eigenvalue weighted by molar-refractivity contribution is -0.142. The Labute approximate surface area is 259 Å². The topological polar surface area (TPSA) is 149 Å². The molecule has 1 aromatic heterocycles. The molecule has 228 valence electrons. The maximum absolute atomic E-state index is 13.8. The molecule has 3 atom stereocenters. The number of halogens is 2. The van der Waals surface area contributed by atoms with Crippen molar-refractivity contribution in [1.82, 2.24) is 26.3 Å². The van der Waals surface area contributed by atoms with Crippen molar-refractivity contribution in [2.45, 2.75) is 64.1 Å². The first-order valence-corrected chi connectivity index (χ1v) is 14.8. The number of carbonyl (C=O) groups excluding carboxylic acids is 5. The van der Waals surface area contributed by atoms with Crippen LogP contribution in [0.2, 0.25) is 10.0 Å². The maximum Gasteiger partial charge on any atom is 0.290 e. The summed E-state index contributed by atoms with van der Waals surface area (Å²) in [5.41, 5.74) is 0.767. The first-order valence-electron chi connectivity index (χ1n) is 14.1. The van der Waals surface area contributed by atoms with Gasteiger partial charge in [-0.1, -0.05) is 53.5 Å². The van der Waals surface area contributed by atoms with Gasteiger partial charge in [-0.2, -0.15) is 0 Å². The van der Waals surface area contributed by atoms with E-state index in [2.05, 4.69) is 26.3 Å². The molecule has 4 amide bonds. The molecule has 1 fully saturated rings. The molecule has 4 rings (SSSR count). The van der Waals surface area contributed by atoms with E-state index in [-0.39, 0.29) is 24.4 Å². The summed E-state index contributed by atoms with van der Waals surface area (Å²) in [6.45, 7) is 5.73. The van der Waals surface area contributed by atoms with Gasteiger partial charge in [0, 0.05) is 40.3 Å². The van der Waals surface area contributed by atoms with Crippen LogP contribution in [-0.4, -0.2) is 58.6 Å². The standard InChI is InChI=1S/C31H35Cl2N5O5/c1-31(2,3)38-30(43)26(39)23(13-18-10-7-11-34-27(18)40)36-28(41)24(12-17-8-5-4-6-9-17)37-29(42)25-16-20-21(33)14-19(32)15-22(20)35-25/h4-6,8-9,14-16,18,23-24,35H,7,10-13H2,1-3H3,(H,34,40)(H,36,41)(H,37,42)(H,38,43)/t18-,23-,24-/m0/s1. The fourth-order valence-corrected chi connectivity index (χ4v) is 5.53. The molecular weight excluding hydrogens is 593 g/mol. The average Bonchev–Trinajstić information content (AvgIpc) is 3.37. The molecule has 1 aliphatic heterocycles. The highest BCUT2D eigenvalue weighted by Crippen LogP contribution is 2.28. The molecule has 0 radical (unpaired) electrons. The Kier molecular flexibility index (Phi) is 10.1. The van der Waals surface area contributed by atoms with Crippen LogP contribution in [0.4, 0.5) is 0 Å². The molecule has 2 heterocycles. The number of benzene rings is 2. The highest BCUT2D eigenvalue weighted by molar-refractivity contribution is 6.39. The first-order chi connectivity index (χ1) is 20.3. The number of nitrogens with one attached hydrogen (secondary N) is 5. The molecule has 1 saturated heterocycles. The van der Waals surface area contributed by atoms with Gasteiger partial charge in [-0.3, -0.25) is 24.0 Å². The Bertz CT molecular complexity index is 1530. The van der Waals surface area contributed by atoms with Crippen molar-refractivity contribution in [3.8, 4) is 0 Å². The van der Waals surface area contributed by atoms with E-state index in [9.17, 15) is 24.0 Å². The molecule has 1 aliphatic rings. The van der Waals surface area contributed by atoms with Gasteiger partial charge in [0.2, 0.25) is 17.6 Å². The van der Waals surface area contributed by atoms with Crippen molar-refractivity contribution in [3.63, 3.8) is 0 Å². The van der Waals surface area contributed by atoms with Gasteiger partial charge in [-0.25, -0.2) is 0 Å². The second-order valence-electron chi connectivity index (χ2n) is 11.7. The highest BCUT2D eigenvalue weighted by atomic mass is 35.5. The van der Waals surface area contributed by atoms with Crippen molar-refractivity contribution < 1.29 is 24.0 Å². The summed E-state index contributed by atoms with van der Waals surface area (Å²) < 4.78 is 0. The molecule has 0 spiro atoms. The second kappa shape index (κ2) is 13.6. The molecule has 12 heteroatoms. The minimum Gasteiger partial charge on any atom is -0.356 e. The zero-order valence-electron chi connectivity index (χ0n) is 24.2. The summed E-state index contributed by atoms with van der Waals surface area (Å²) in [5.74, 6) is -3.79. The number of amides is 4. The average molecular weight is 629 g/mol. The SMILES string of the molecule is CC(C)(C)NC(=O)C(=O)[C@H](C[C@@H]1CCCNC1=O)NC(=O)[C@H](Cc1ccccc1)NC(=O)c1cc2c(Cl)cc(Cl)cc2[nH]1. The molecule has 2 aromatic carbocycles. The van der Waals surface area contributed by atoms with Crippen LogP contribution < -0.4 is 21.3 Å². The summed E-state index contributed by atoms with van der Waals surface area (Å²) in [7, 11) is 0. The number of H-pyrrole nitrogens is 1. The predicted octanol–water partition coefficient (Wildman–Crippen LogP) is 3.70. The Hall–Kier alpha value is -3.89. The number of fused-ring (bicyclic) bond motifs is 1. The van der Waals surface area contributed by atoms with Crippen LogP contribution in [0.5, 0.6) is 0 Å². The van der Waals surface area contributed by atoms with Crippen molar-refractivity contribution in [2.75, 3.05) is 6.54 Å². The van der Waals surface area contributed by atoms with E-state index < -0.39 is 47.0 Å². The number of hydrogen-bond donors (Lipinski definition) is 5. The fraction of sp³-hybridized carbons (Fsp3) is 0.387. The monoisotopic (exact) mass is 627 g/mol. The first kappa shape index (κ1) is 32.0. The molecule has 0 aliphatic carbocycles. The van der Waals surface area contributed by atoms with Gasteiger partial charge in [-0.15, -0.1) is 0 Å². The summed E-state index contributed by atoms with van der Waals surface area (Å²) in [6, 6.07) is 11.4. The number of rotatable bonds is 10. The van der Waals surface area contributed by atoms with Gasteiger partial charge in [0.1, 0.15) is 11.7 Å². The normalized spacial score (nSPS) is 16.6. The summed E-state index contributed by atoms with van der Waals surface area (Å²) >= 11 is 12.4. The van der Waals surface area contributed by atoms with E-state index >= 15 is 0 Å². The van der Waals surface area contributed by atoms with E-state index in [0.717, 1.165) is 5.56 Å². The van der Waals surface area contributed by atoms with Crippen LogP contribution in [0, 0.1) is 5.92 Å². The van der Waals surface area contributed by atoms with Crippen molar-refractivity contribution in [1.29, 1.82) is 0 Å². The molecule has 5 N–H and O–H groups in total. The van der Waals surface area contributed by atoms with E-state index in [0.29, 0.717) is 40.3 Å². The fourth-order valence-electron chi connectivity index (χ4n) is 4.99. The molecule has 43 heavy (non-hydrogen) atoms. The zero-order chi connectivity index (χ0) is 31.3. The van der Waals surface area contributed by atoms with Gasteiger partial charge in [-0.05, 0) is 63.8 Å². The third-order valence-corrected chi connectivity index (χ3v) is 7.60. The molecular formula is C31H35Cl2N5O5.